The maximum Gasteiger partial charge on any atom is 0.246 e. The van der Waals surface area contributed by atoms with E-state index in [9.17, 15) is 8.42 Å². The van der Waals surface area contributed by atoms with Gasteiger partial charge in [-0.3, -0.25) is 0 Å². The average molecular weight is 377 g/mol. The van der Waals surface area contributed by atoms with E-state index in [1.165, 1.54) is 4.31 Å². The number of nitrogens with zero attached hydrogens (tertiary/aromatic N) is 3. The zero-order valence-corrected chi connectivity index (χ0v) is 15.6. The Labute approximate surface area is 153 Å². The van der Waals surface area contributed by atoms with Gasteiger partial charge in [0, 0.05) is 24.9 Å². The summed E-state index contributed by atoms with van der Waals surface area (Å²) < 4.78 is 38.9. The molecule has 2 fully saturated rings. The van der Waals surface area contributed by atoms with Crippen LogP contribution in [0.2, 0.25) is 0 Å². The van der Waals surface area contributed by atoms with Crippen LogP contribution in [0.3, 0.4) is 0 Å². The number of benzene rings is 1. The van der Waals surface area contributed by atoms with Crippen LogP contribution in [0.1, 0.15) is 56.2 Å². The SMILES string of the molecule is CCOc1ccccc1S(=O)(=O)N1CCC(c2nnc(C3CC3)o2)CC1. The van der Waals surface area contributed by atoms with Gasteiger partial charge in [-0.1, -0.05) is 12.1 Å². The molecule has 0 spiro atoms. The molecule has 1 aliphatic carbocycles. The normalized spacial score (nSPS) is 19.6. The lowest BCUT2D eigenvalue weighted by Gasteiger charge is -2.30. The number of rotatable bonds is 6. The summed E-state index contributed by atoms with van der Waals surface area (Å²) in [7, 11) is -3.58. The minimum atomic E-state index is -3.58. The highest BCUT2D eigenvalue weighted by Crippen LogP contribution is 2.40. The fraction of sp³-hybridized carbons (Fsp3) is 0.556. The highest BCUT2D eigenvalue weighted by Gasteiger charge is 2.35. The lowest BCUT2D eigenvalue weighted by molar-refractivity contribution is 0.284. The van der Waals surface area contributed by atoms with Crippen LogP contribution in [0.5, 0.6) is 5.75 Å². The van der Waals surface area contributed by atoms with Gasteiger partial charge in [-0.15, -0.1) is 10.2 Å². The van der Waals surface area contributed by atoms with E-state index >= 15 is 0 Å². The summed E-state index contributed by atoms with van der Waals surface area (Å²) in [6.45, 7) is 3.15. The molecule has 0 radical (unpaired) electrons. The fourth-order valence-corrected chi connectivity index (χ4v) is 4.93. The van der Waals surface area contributed by atoms with E-state index in [1.54, 1.807) is 24.3 Å². The molecule has 2 aliphatic rings. The number of ether oxygens (including phenoxy) is 1. The van der Waals surface area contributed by atoms with Crippen molar-refractivity contribution in [3.8, 4) is 5.75 Å². The minimum Gasteiger partial charge on any atom is -0.492 e. The summed E-state index contributed by atoms with van der Waals surface area (Å²) in [5, 5.41) is 8.32. The molecule has 4 rings (SSSR count). The van der Waals surface area contributed by atoms with Gasteiger partial charge in [-0.05, 0) is 44.7 Å². The summed E-state index contributed by atoms with van der Waals surface area (Å²) in [5.74, 6) is 2.36. The van der Waals surface area contributed by atoms with Gasteiger partial charge >= 0.3 is 0 Å². The number of piperidine rings is 1. The van der Waals surface area contributed by atoms with Crippen LogP contribution in [-0.4, -0.2) is 42.6 Å². The topological polar surface area (TPSA) is 85.5 Å². The highest BCUT2D eigenvalue weighted by atomic mass is 32.2. The standard InChI is InChI=1S/C18H23N3O4S/c1-2-24-15-5-3-4-6-16(15)26(22,23)21-11-9-14(10-12-21)18-20-19-17(25-18)13-7-8-13/h3-6,13-14H,2,7-12H2,1H3. The fourth-order valence-electron chi connectivity index (χ4n) is 3.33. The predicted molar refractivity (Wildman–Crippen MR) is 94.6 cm³/mol. The van der Waals surface area contributed by atoms with Crippen LogP contribution in [0.25, 0.3) is 0 Å². The van der Waals surface area contributed by atoms with Crippen molar-refractivity contribution in [1.82, 2.24) is 14.5 Å². The first kappa shape index (κ1) is 17.5. The summed E-state index contributed by atoms with van der Waals surface area (Å²) in [4.78, 5) is 0.231. The quantitative estimate of drug-likeness (QED) is 0.769. The first-order valence-electron chi connectivity index (χ1n) is 9.15. The van der Waals surface area contributed by atoms with E-state index in [-0.39, 0.29) is 10.8 Å². The Balaban J connectivity index is 1.46. The van der Waals surface area contributed by atoms with Crippen molar-refractivity contribution in [3.63, 3.8) is 0 Å². The van der Waals surface area contributed by atoms with Gasteiger partial charge in [0.15, 0.2) is 0 Å². The van der Waals surface area contributed by atoms with Crippen molar-refractivity contribution >= 4 is 10.0 Å². The third-order valence-corrected chi connectivity index (χ3v) is 6.89. The predicted octanol–water partition coefficient (Wildman–Crippen LogP) is 2.91. The maximum absolute atomic E-state index is 13.0. The van der Waals surface area contributed by atoms with E-state index in [2.05, 4.69) is 10.2 Å². The average Bonchev–Trinajstić information content (AvgIpc) is 3.39. The van der Waals surface area contributed by atoms with Gasteiger partial charge in [-0.25, -0.2) is 8.42 Å². The zero-order valence-electron chi connectivity index (χ0n) is 14.8. The van der Waals surface area contributed by atoms with E-state index in [0.29, 0.717) is 50.1 Å². The Morgan fingerprint density at radius 3 is 2.31 bits per heavy atom. The number of sulfonamides is 1. The minimum absolute atomic E-state index is 0.128. The molecule has 0 amide bonds. The van der Waals surface area contributed by atoms with Crippen LogP contribution in [0.4, 0.5) is 0 Å². The van der Waals surface area contributed by atoms with Gasteiger partial charge in [0.05, 0.1) is 6.61 Å². The zero-order chi connectivity index (χ0) is 18.1. The lowest BCUT2D eigenvalue weighted by atomic mass is 9.98. The molecule has 2 aromatic rings. The van der Waals surface area contributed by atoms with Gasteiger partial charge in [0.1, 0.15) is 10.6 Å². The van der Waals surface area contributed by atoms with Crippen LogP contribution in [0, 0.1) is 0 Å². The van der Waals surface area contributed by atoms with Crippen molar-refractivity contribution in [2.24, 2.45) is 0 Å². The van der Waals surface area contributed by atoms with Gasteiger partial charge < -0.3 is 9.15 Å². The lowest BCUT2D eigenvalue weighted by Crippen LogP contribution is -2.38. The van der Waals surface area contributed by atoms with Crippen molar-refractivity contribution in [2.75, 3.05) is 19.7 Å². The third kappa shape index (κ3) is 3.35. The Bertz CT molecular complexity index is 868. The first-order chi connectivity index (χ1) is 12.6. The van der Waals surface area contributed by atoms with Crippen LogP contribution in [-0.2, 0) is 10.0 Å². The molecule has 1 aromatic heterocycles. The van der Waals surface area contributed by atoms with Gasteiger partial charge in [0.25, 0.3) is 0 Å². The largest absolute Gasteiger partial charge is 0.492 e. The van der Waals surface area contributed by atoms with E-state index in [1.807, 2.05) is 6.92 Å². The molecule has 140 valence electrons. The summed E-state index contributed by atoms with van der Waals surface area (Å²) in [5.41, 5.74) is 0. The van der Waals surface area contributed by atoms with Crippen LogP contribution < -0.4 is 4.74 Å². The molecule has 1 saturated carbocycles. The van der Waals surface area contributed by atoms with Crippen molar-refractivity contribution in [3.05, 3.63) is 36.0 Å². The molecule has 0 unspecified atom stereocenters. The summed E-state index contributed by atoms with van der Waals surface area (Å²) in [6, 6.07) is 6.80. The Morgan fingerprint density at radius 1 is 1.08 bits per heavy atom. The molecular formula is C18H23N3O4S. The summed E-state index contributed by atoms with van der Waals surface area (Å²) in [6.07, 6.45) is 3.61. The second-order valence-corrected chi connectivity index (χ2v) is 8.72. The molecule has 7 nitrogen and oxygen atoms in total. The molecule has 8 heteroatoms. The molecule has 1 aromatic carbocycles. The Morgan fingerprint density at radius 2 is 1.69 bits per heavy atom. The van der Waals surface area contributed by atoms with E-state index in [4.69, 9.17) is 9.15 Å². The third-order valence-electron chi connectivity index (χ3n) is 4.95. The highest BCUT2D eigenvalue weighted by molar-refractivity contribution is 7.89. The molecule has 0 bridgehead atoms. The van der Waals surface area contributed by atoms with Crippen molar-refractivity contribution in [2.45, 2.75) is 49.3 Å². The molecule has 26 heavy (non-hydrogen) atoms. The Hall–Kier alpha value is -1.93. The van der Waals surface area contributed by atoms with E-state index in [0.717, 1.165) is 18.7 Å². The van der Waals surface area contributed by atoms with Gasteiger partial charge in [-0.2, -0.15) is 4.31 Å². The molecule has 0 atom stereocenters. The Kier molecular flexibility index (Phi) is 4.71. The monoisotopic (exact) mass is 377 g/mol. The van der Waals surface area contributed by atoms with Crippen molar-refractivity contribution < 1.29 is 17.6 Å². The maximum atomic E-state index is 13.0. The number of aromatic nitrogens is 2. The van der Waals surface area contributed by atoms with Gasteiger partial charge in [0.2, 0.25) is 21.8 Å². The van der Waals surface area contributed by atoms with Crippen LogP contribution >= 0.6 is 0 Å². The second kappa shape index (κ2) is 7.00. The van der Waals surface area contributed by atoms with E-state index < -0.39 is 10.0 Å². The molecular weight excluding hydrogens is 354 g/mol. The molecule has 2 heterocycles. The number of hydrogen-bond donors (Lipinski definition) is 0. The number of hydrogen-bond acceptors (Lipinski definition) is 6. The molecule has 1 saturated heterocycles. The molecule has 1 aliphatic heterocycles. The second-order valence-electron chi connectivity index (χ2n) is 6.81. The smallest absolute Gasteiger partial charge is 0.246 e. The van der Waals surface area contributed by atoms with Crippen molar-refractivity contribution in [1.29, 1.82) is 0 Å². The van der Waals surface area contributed by atoms with Crippen LogP contribution in [0.15, 0.2) is 33.6 Å². The molecule has 0 N–H and O–H groups in total. The first-order valence-corrected chi connectivity index (χ1v) is 10.6. The number of para-hydroxylation sites is 1. The summed E-state index contributed by atoms with van der Waals surface area (Å²) >= 11 is 0.